The summed E-state index contributed by atoms with van der Waals surface area (Å²) in [6.07, 6.45) is -0.0485. The van der Waals surface area contributed by atoms with Gasteiger partial charge < -0.3 is 10.1 Å². The number of nitrogens with one attached hydrogen (secondary N) is 3. The number of alkyl carbamates (subject to hydrolysis) is 1. The van der Waals surface area contributed by atoms with E-state index in [9.17, 15) is 9.59 Å². The number of benzene rings is 1. The van der Waals surface area contributed by atoms with Crippen molar-refractivity contribution >= 4 is 17.9 Å². The number of hydrogen-bond donors (Lipinski definition) is 3. The molecule has 0 radical (unpaired) electrons. The molecule has 0 aliphatic carbocycles. The van der Waals surface area contributed by atoms with Crippen molar-refractivity contribution in [3.63, 3.8) is 0 Å². The molecule has 0 saturated heterocycles. The van der Waals surface area contributed by atoms with Gasteiger partial charge in [0.2, 0.25) is 5.95 Å². The fraction of sp³-hybridized carbons (Fsp3) is 0.375. The molecule has 0 aliphatic rings. The first-order chi connectivity index (χ1) is 11.3. The molecule has 0 bridgehead atoms. The third-order valence-corrected chi connectivity index (χ3v) is 2.82. The molecule has 1 heterocycles. The minimum absolute atomic E-state index is 0.191. The number of carbonyl (C=O) groups excluding carboxylic acids is 2. The Morgan fingerprint density at radius 2 is 1.92 bits per heavy atom. The Balaban J connectivity index is 1.79. The Hall–Kier alpha value is -2.90. The van der Waals surface area contributed by atoms with Gasteiger partial charge in [0, 0.05) is 18.5 Å². The van der Waals surface area contributed by atoms with E-state index in [0.717, 1.165) is 0 Å². The minimum Gasteiger partial charge on any atom is -0.444 e. The topological polar surface area (TPSA) is 109 Å². The van der Waals surface area contributed by atoms with Gasteiger partial charge in [0.05, 0.1) is 0 Å². The van der Waals surface area contributed by atoms with Gasteiger partial charge in [0.25, 0.3) is 5.91 Å². The molecule has 2 rings (SSSR count). The smallest absolute Gasteiger partial charge is 0.407 e. The second-order valence-corrected chi connectivity index (χ2v) is 6.10. The van der Waals surface area contributed by atoms with Crippen LogP contribution in [0.4, 0.5) is 10.7 Å². The molecule has 0 fully saturated rings. The molecule has 1 aromatic carbocycles. The highest BCUT2D eigenvalue weighted by Gasteiger charge is 2.16. The summed E-state index contributed by atoms with van der Waals surface area (Å²) in [6.45, 7) is 5.73. The lowest BCUT2D eigenvalue weighted by Crippen LogP contribution is -2.33. The first-order valence-electron chi connectivity index (χ1n) is 7.58. The van der Waals surface area contributed by atoms with Gasteiger partial charge in [-0.2, -0.15) is 4.98 Å². The number of aromatic nitrogens is 3. The highest BCUT2D eigenvalue weighted by molar-refractivity contribution is 6.03. The van der Waals surface area contributed by atoms with Gasteiger partial charge in [0.1, 0.15) is 11.4 Å². The standard InChI is InChI=1S/C16H21N5O3/c1-16(2,3)24-15(23)17-10-9-12-18-14(21-20-12)19-13(22)11-7-5-4-6-8-11/h4-8H,9-10H2,1-3H3,(H,17,23)(H2,18,19,20,21,22). The summed E-state index contributed by atoms with van der Waals surface area (Å²) >= 11 is 0. The molecule has 0 unspecified atom stereocenters. The zero-order valence-electron chi connectivity index (χ0n) is 13.9. The van der Waals surface area contributed by atoms with Crippen molar-refractivity contribution in [3.05, 3.63) is 41.7 Å². The van der Waals surface area contributed by atoms with Gasteiger partial charge in [0.15, 0.2) is 0 Å². The van der Waals surface area contributed by atoms with Crippen LogP contribution >= 0.6 is 0 Å². The number of anilines is 1. The number of carbonyl (C=O) groups is 2. The van der Waals surface area contributed by atoms with Crippen LogP contribution in [-0.2, 0) is 11.2 Å². The summed E-state index contributed by atoms with van der Waals surface area (Å²) in [5, 5.41) is 11.9. The van der Waals surface area contributed by atoms with Crippen LogP contribution in [0.1, 0.15) is 37.0 Å². The minimum atomic E-state index is -0.536. The van der Waals surface area contributed by atoms with Crippen molar-refractivity contribution in [2.24, 2.45) is 0 Å². The summed E-state index contributed by atoms with van der Waals surface area (Å²) in [6, 6.07) is 8.79. The van der Waals surface area contributed by atoms with Gasteiger partial charge in [-0.1, -0.05) is 18.2 Å². The number of ether oxygens (including phenoxy) is 1. The third kappa shape index (κ3) is 5.71. The summed E-state index contributed by atoms with van der Waals surface area (Å²) in [5.74, 6) is 0.457. The molecule has 128 valence electrons. The average Bonchev–Trinajstić information content (AvgIpc) is 2.93. The number of amides is 2. The Bertz CT molecular complexity index is 691. The molecule has 0 atom stereocenters. The van der Waals surface area contributed by atoms with Crippen LogP contribution in [0.3, 0.4) is 0 Å². The predicted octanol–water partition coefficient (Wildman–Crippen LogP) is 2.12. The van der Waals surface area contributed by atoms with Crippen molar-refractivity contribution in [3.8, 4) is 0 Å². The Kier molecular flexibility index (Phi) is 5.51. The Morgan fingerprint density at radius 1 is 1.21 bits per heavy atom. The summed E-state index contributed by atoms with van der Waals surface area (Å²) in [4.78, 5) is 27.7. The number of hydrogen-bond acceptors (Lipinski definition) is 5. The first-order valence-corrected chi connectivity index (χ1v) is 7.58. The zero-order valence-corrected chi connectivity index (χ0v) is 13.9. The quantitative estimate of drug-likeness (QED) is 0.777. The first kappa shape index (κ1) is 17.5. The maximum absolute atomic E-state index is 12.0. The average molecular weight is 331 g/mol. The van der Waals surface area contributed by atoms with Crippen LogP contribution in [0.2, 0.25) is 0 Å². The molecule has 24 heavy (non-hydrogen) atoms. The van der Waals surface area contributed by atoms with E-state index in [4.69, 9.17) is 4.74 Å². The van der Waals surface area contributed by atoms with Crippen molar-refractivity contribution in [1.29, 1.82) is 0 Å². The molecule has 8 nitrogen and oxygen atoms in total. The number of aromatic amines is 1. The normalized spacial score (nSPS) is 11.0. The van der Waals surface area contributed by atoms with E-state index >= 15 is 0 Å². The monoisotopic (exact) mass is 331 g/mol. The summed E-state index contributed by atoms with van der Waals surface area (Å²) in [5.41, 5.74) is -0.0129. The lowest BCUT2D eigenvalue weighted by Gasteiger charge is -2.19. The van der Waals surface area contributed by atoms with Gasteiger partial charge in [-0.3, -0.25) is 15.2 Å². The van der Waals surface area contributed by atoms with Crippen LogP contribution in [0.5, 0.6) is 0 Å². The Labute approximate surface area is 140 Å². The van der Waals surface area contributed by atoms with Gasteiger partial charge in [-0.25, -0.2) is 4.79 Å². The van der Waals surface area contributed by atoms with Gasteiger partial charge in [-0.05, 0) is 32.9 Å². The molecule has 1 aromatic heterocycles. The lowest BCUT2D eigenvalue weighted by atomic mass is 10.2. The van der Waals surface area contributed by atoms with E-state index in [0.29, 0.717) is 24.4 Å². The predicted molar refractivity (Wildman–Crippen MR) is 88.7 cm³/mol. The van der Waals surface area contributed by atoms with Crippen LogP contribution in [0.25, 0.3) is 0 Å². The van der Waals surface area contributed by atoms with E-state index in [1.165, 1.54) is 0 Å². The van der Waals surface area contributed by atoms with Crippen LogP contribution in [0, 0.1) is 0 Å². The molecule has 0 saturated carbocycles. The van der Waals surface area contributed by atoms with Crippen molar-refractivity contribution in [1.82, 2.24) is 20.5 Å². The number of rotatable bonds is 5. The molecular formula is C16H21N5O3. The third-order valence-electron chi connectivity index (χ3n) is 2.82. The maximum Gasteiger partial charge on any atom is 0.407 e. The molecule has 2 aromatic rings. The zero-order chi connectivity index (χ0) is 17.6. The van der Waals surface area contributed by atoms with Crippen molar-refractivity contribution in [2.45, 2.75) is 32.8 Å². The molecule has 0 aliphatic heterocycles. The van der Waals surface area contributed by atoms with Gasteiger partial charge >= 0.3 is 6.09 Å². The highest BCUT2D eigenvalue weighted by Crippen LogP contribution is 2.07. The second kappa shape index (κ2) is 7.58. The van der Waals surface area contributed by atoms with Crippen molar-refractivity contribution < 1.29 is 14.3 Å². The van der Waals surface area contributed by atoms with E-state index in [-0.39, 0.29) is 11.9 Å². The number of nitrogens with zero attached hydrogens (tertiary/aromatic N) is 2. The molecule has 3 N–H and O–H groups in total. The van der Waals surface area contributed by atoms with Gasteiger partial charge in [-0.15, -0.1) is 5.10 Å². The largest absolute Gasteiger partial charge is 0.444 e. The molecular weight excluding hydrogens is 310 g/mol. The fourth-order valence-electron chi connectivity index (χ4n) is 1.82. The summed E-state index contributed by atoms with van der Waals surface area (Å²) < 4.78 is 5.13. The summed E-state index contributed by atoms with van der Waals surface area (Å²) in [7, 11) is 0. The second-order valence-electron chi connectivity index (χ2n) is 6.10. The van der Waals surface area contributed by atoms with E-state index in [1.54, 1.807) is 45.0 Å². The highest BCUT2D eigenvalue weighted by atomic mass is 16.6. The van der Waals surface area contributed by atoms with Crippen LogP contribution in [-0.4, -0.2) is 39.3 Å². The number of H-pyrrole nitrogens is 1. The van der Waals surface area contributed by atoms with Crippen LogP contribution < -0.4 is 10.6 Å². The SMILES string of the molecule is CC(C)(C)OC(=O)NCCc1nc(NC(=O)c2ccccc2)n[nH]1. The van der Waals surface area contributed by atoms with E-state index in [2.05, 4.69) is 25.8 Å². The lowest BCUT2D eigenvalue weighted by molar-refractivity contribution is 0.0528. The van der Waals surface area contributed by atoms with E-state index in [1.807, 2.05) is 6.07 Å². The molecule has 0 spiro atoms. The molecule has 8 heteroatoms. The molecule has 2 amide bonds. The fourth-order valence-corrected chi connectivity index (χ4v) is 1.82. The maximum atomic E-state index is 12.0. The Morgan fingerprint density at radius 3 is 2.58 bits per heavy atom. The van der Waals surface area contributed by atoms with Crippen LogP contribution in [0.15, 0.2) is 30.3 Å². The van der Waals surface area contributed by atoms with Crippen molar-refractivity contribution in [2.75, 3.05) is 11.9 Å². The van der Waals surface area contributed by atoms with E-state index < -0.39 is 11.7 Å².